The van der Waals surface area contributed by atoms with Crippen LogP contribution in [0.1, 0.15) is 27.7 Å². The molecule has 2 heterocycles. The van der Waals surface area contributed by atoms with Gasteiger partial charge in [-0.2, -0.15) is 0 Å². The molecule has 2 aromatic heterocycles. The Bertz CT molecular complexity index is 558. The van der Waals surface area contributed by atoms with Crippen molar-refractivity contribution in [2.45, 2.75) is 40.3 Å². The Morgan fingerprint density at radius 1 is 1.32 bits per heavy atom. The number of anilines is 1. The third-order valence-electron chi connectivity index (χ3n) is 3.28. The SMILES string of the molecule is CCn1cnc2c(N[C@H](CO)C(C)(C)C)ncnc21. The maximum Gasteiger partial charge on any atom is 0.165 e. The molecule has 2 aromatic rings. The zero-order valence-electron chi connectivity index (χ0n) is 11.9. The number of hydrogen-bond acceptors (Lipinski definition) is 5. The van der Waals surface area contributed by atoms with Crippen LogP contribution < -0.4 is 5.32 Å². The predicted molar refractivity (Wildman–Crippen MR) is 74.9 cm³/mol. The van der Waals surface area contributed by atoms with E-state index >= 15 is 0 Å². The Hall–Kier alpha value is -1.69. The van der Waals surface area contributed by atoms with Gasteiger partial charge in [-0.15, -0.1) is 0 Å². The van der Waals surface area contributed by atoms with E-state index in [1.54, 1.807) is 6.33 Å². The second kappa shape index (κ2) is 5.13. The van der Waals surface area contributed by atoms with Gasteiger partial charge in [0.15, 0.2) is 11.5 Å². The van der Waals surface area contributed by atoms with Crippen molar-refractivity contribution in [1.82, 2.24) is 19.5 Å². The van der Waals surface area contributed by atoms with Gasteiger partial charge in [-0.3, -0.25) is 0 Å². The second-order valence-corrected chi connectivity index (χ2v) is 5.67. The van der Waals surface area contributed by atoms with Crippen molar-refractivity contribution in [1.29, 1.82) is 0 Å². The number of aliphatic hydroxyl groups excluding tert-OH is 1. The van der Waals surface area contributed by atoms with Crippen molar-refractivity contribution in [2.75, 3.05) is 11.9 Å². The largest absolute Gasteiger partial charge is 0.394 e. The Morgan fingerprint density at radius 2 is 2.05 bits per heavy atom. The minimum Gasteiger partial charge on any atom is -0.394 e. The lowest BCUT2D eigenvalue weighted by molar-refractivity contribution is 0.201. The number of nitrogens with one attached hydrogen (secondary N) is 1. The lowest BCUT2D eigenvalue weighted by Crippen LogP contribution is -2.37. The van der Waals surface area contributed by atoms with E-state index in [4.69, 9.17) is 0 Å². The molecule has 0 aliphatic rings. The fourth-order valence-corrected chi connectivity index (χ4v) is 1.92. The molecule has 0 radical (unpaired) electrons. The molecule has 2 N–H and O–H groups in total. The fraction of sp³-hybridized carbons (Fsp3) is 0.615. The Balaban J connectivity index is 2.38. The average molecular weight is 263 g/mol. The van der Waals surface area contributed by atoms with Crippen LogP contribution in [0.2, 0.25) is 0 Å². The van der Waals surface area contributed by atoms with Crippen LogP contribution in [0, 0.1) is 5.41 Å². The average Bonchev–Trinajstić information content (AvgIpc) is 2.78. The fourth-order valence-electron chi connectivity index (χ4n) is 1.92. The van der Waals surface area contributed by atoms with E-state index in [1.165, 1.54) is 6.33 Å². The first-order valence-electron chi connectivity index (χ1n) is 6.50. The van der Waals surface area contributed by atoms with Gasteiger partial charge in [-0.25, -0.2) is 15.0 Å². The summed E-state index contributed by atoms with van der Waals surface area (Å²) in [5.41, 5.74) is 1.48. The number of nitrogens with zero attached hydrogens (tertiary/aromatic N) is 4. The molecular weight excluding hydrogens is 242 g/mol. The summed E-state index contributed by atoms with van der Waals surface area (Å²) in [6, 6.07) is -0.0858. The zero-order valence-corrected chi connectivity index (χ0v) is 11.9. The highest BCUT2D eigenvalue weighted by Gasteiger charge is 2.25. The van der Waals surface area contributed by atoms with Crippen molar-refractivity contribution in [3.8, 4) is 0 Å². The molecule has 0 aliphatic heterocycles. The summed E-state index contributed by atoms with van der Waals surface area (Å²) in [6.45, 7) is 9.12. The lowest BCUT2D eigenvalue weighted by atomic mass is 9.87. The van der Waals surface area contributed by atoms with Gasteiger partial charge in [-0.1, -0.05) is 20.8 Å². The van der Waals surface area contributed by atoms with E-state index in [-0.39, 0.29) is 18.1 Å². The monoisotopic (exact) mass is 263 g/mol. The summed E-state index contributed by atoms with van der Waals surface area (Å²) < 4.78 is 1.97. The molecule has 0 amide bonds. The smallest absolute Gasteiger partial charge is 0.165 e. The van der Waals surface area contributed by atoms with E-state index in [0.29, 0.717) is 5.82 Å². The Labute approximate surface area is 112 Å². The van der Waals surface area contributed by atoms with Crippen LogP contribution in [0.15, 0.2) is 12.7 Å². The number of fused-ring (bicyclic) bond motifs is 1. The van der Waals surface area contributed by atoms with Crippen LogP contribution >= 0.6 is 0 Å². The minimum absolute atomic E-state index is 0.0451. The first-order valence-corrected chi connectivity index (χ1v) is 6.50. The number of imidazole rings is 1. The third kappa shape index (κ3) is 2.68. The van der Waals surface area contributed by atoms with Crippen molar-refractivity contribution in [3.05, 3.63) is 12.7 Å². The lowest BCUT2D eigenvalue weighted by Gasteiger charge is -2.30. The van der Waals surface area contributed by atoms with Gasteiger partial charge in [-0.05, 0) is 12.3 Å². The minimum atomic E-state index is -0.0858. The molecule has 0 fully saturated rings. The van der Waals surface area contributed by atoms with Crippen molar-refractivity contribution < 1.29 is 5.11 Å². The maximum atomic E-state index is 9.51. The number of aliphatic hydroxyl groups is 1. The molecule has 1 atom stereocenters. The summed E-state index contributed by atoms with van der Waals surface area (Å²) in [5.74, 6) is 0.672. The molecular formula is C13H21N5O. The summed E-state index contributed by atoms with van der Waals surface area (Å²) in [6.07, 6.45) is 3.28. The summed E-state index contributed by atoms with van der Waals surface area (Å²) >= 11 is 0. The van der Waals surface area contributed by atoms with Crippen LogP contribution in [-0.2, 0) is 6.54 Å². The van der Waals surface area contributed by atoms with Gasteiger partial charge in [0.25, 0.3) is 0 Å². The highest BCUT2D eigenvalue weighted by molar-refractivity contribution is 5.82. The van der Waals surface area contributed by atoms with Crippen LogP contribution in [0.3, 0.4) is 0 Å². The van der Waals surface area contributed by atoms with Crippen LogP contribution in [0.25, 0.3) is 11.2 Å². The van der Waals surface area contributed by atoms with Gasteiger partial charge in [0.05, 0.1) is 19.0 Å². The molecule has 104 valence electrons. The van der Waals surface area contributed by atoms with Gasteiger partial charge < -0.3 is 15.0 Å². The van der Waals surface area contributed by atoms with Crippen molar-refractivity contribution >= 4 is 17.0 Å². The third-order valence-corrected chi connectivity index (χ3v) is 3.28. The number of aromatic nitrogens is 4. The van der Waals surface area contributed by atoms with E-state index in [2.05, 4.69) is 41.0 Å². The van der Waals surface area contributed by atoms with E-state index in [9.17, 15) is 5.11 Å². The Kier molecular flexibility index (Phi) is 3.71. The zero-order chi connectivity index (χ0) is 14.0. The molecule has 0 saturated heterocycles. The molecule has 0 unspecified atom stereocenters. The molecule has 2 rings (SSSR count). The second-order valence-electron chi connectivity index (χ2n) is 5.67. The molecule has 6 heteroatoms. The molecule has 0 bridgehead atoms. The highest BCUT2D eigenvalue weighted by atomic mass is 16.3. The number of aryl methyl sites for hydroxylation is 1. The predicted octanol–water partition coefficient (Wildman–Crippen LogP) is 1.67. The van der Waals surface area contributed by atoms with Crippen molar-refractivity contribution in [3.63, 3.8) is 0 Å². The molecule has 0 aromatic carbocycles. The first kappa shape index (κ1) is 13.7. The summed E-state index contributed by atoms with van der Waals surface area (Å²) in [4.78, 5) is 12.9. The van der Waals surface area contributed by atoms with Crippen LogP contribution in [-0.4, -0.2) is 37.3 Å². The normalized spacial score (nSPS) is 13.7. The molecule has 19 heavy (non-hydrogen) atoms. The Morgan fingerprint density at radius 3 is 2.63 bits per heavy atom. The first-order chi connectivity index (χ1) is 8.97. The number of hydrogen-bond donors (Lipinski definition) is 2. The van der Waals surface area contributed by atoms with E-state index in [0.717, 1.165) is 17.7 Å². The highest BCUT2D eigenvalue weighted by Crippen LogP contribution is 2.25. The topological polar surface area (TPSA) is 75.9 Å². The van der Waals surface area contributed by atoms with Crippen LogP contribution in [0.4, 0.5) is 5.82 Å². The van der Waals surface area contributed by atoms with Crippen molar-refractivity contribution in [2.24, 2.45) is 5.41 Å². The summed E-state index contributed by atoms with van der Waals surface area (Å²) in [7, 11) is 0. The van der Waals surface area contributed by atoms with Gasteiger partial charge in [0.1, 0.15) is 11.8 Å². The van der Waals surface area contributed by atoms with Gasteiger partial charge in [0, 0.05) is 6.54 Å². The number of rotatable bonds is 4. The summed E-state index contributed by atoms with van der Waals surface area (Å²) in [5, 5.41) is 12.8. The van der Waals surface area contributed by atoms with Crippen LogP contribution in [0.5, 0.6) is 0 Å². The molecule has 6 nitrogen and oxygen atoms in total. The van der Waals surface area contributed by atoms with E-state index < -0.39 is 0 Å². The molecule has 0 spiro atoms. The van der Waals surface area contributed by atoms with Gasteiger partial charge in [0.2, 0.25) is 0 Å². The molecule has 0 saturated carbocycles. The molecule has 0 aliphatic carbocycles. The quantitative estimate of drug-likeness (QED) is 0.877. The van der Waals surface area contributed by atoms with Gasteiger partial charge >= 0.3 is 0 Å². The standard InChI is InChI=1S/C13H21N5O/c1-5-18-8-16-10-11(14-7-15-12(10)18)17-9(6-19)13(2,3)4/h7-9,19H,5-6H2,1-4H3,(H,14,15,17)/t9-/m1/s1. The maximum absolute atomic E-state index is 9.51. The van der Waals surface area contributed by atoms with E-state index in [1.807, 2.05) is 11.5 Å².